The van der Waals surface area contributed by atoms with Crippen LogP contribution in [-0.4, -0.2) is 4.57 Å². The Morgan fingerprint density at radius 2 is 1.18 bits per heavy atom. The summed E-state index contributed by atoms with van der Waals surface area (Å²) in [4.78, 5) is 12.8. The van der Waals surface area contributed by atoms with Gasteiger partial charge in [-0.25, -0.2) is 4.79 Å². The van der Waals surface area contributed by atoms with Gasteiger partial charge in [0.05, 0.1) is 16.4 Å². The van der Waals surface area contributed by atoms with Crippen LogP contribution in [0.5, 0.6) is 0 Å². The van der Waals surface area contributed by atoms with Crippen LogP contribution in [0.25, 0.3) is 71.5 Å². The van der Waals surface area contributed by atoms with Crippen LogP contribution >= 0.6 is 0 Å². The summed E-state index contributed by atoms with van der Waals surface area (Å²) in [5, 5.41) is 4.93. The fraction of sp³-hybridized carbons (Fsp3) is 0. The Labute approximate surface area is 230 Å². The van der Waals surface area contributed by atoms with E-state index in [1.807, 2.05) is 36.4 Å². The van der Waals surface area contributed by atoms with Gasteiger partial charge in [0, 0.05) is 21.8 Å². The van der Waals surface area contributed by atoms with E-state index < -0.39 is 0 Å². The number of hydrogen-bond acceptors (Lipinski definition) is 2. The molecule has 0 atom stereocenters. The van der Waals surface area contributed by atoms with Crippen molar-refractivity contribution in [3.05, 3.63) is 150 Å². The molecule has 0 fully saturated rings. The second-order valence-corrected chi connectivity index (χ2v) is 10.1. The summed E-state index contributed by atoms with van der Waals surface area (Å²) in [7, 11) is 0. The zero-order chi connectivity index (χ0) is 26.6. The van der Waals surface area contributed by atoms with Crippen molar-refractivity contribution in [3.63, 3.8) is 0 Å². The van der Waals surface area contributed by atoms with E-state index in [0.717, 1.165) is 27.6 Å². The van der Waals surface area contributed by atoms with Crippen molar-refractivity contribution in [3.8, 4) is 27.9 Å². The summed E-state index contributed by atoms with van der Waals surface area (Å²) >= 11 is 0. The molecule has 8 rings (SSSR count). The van der Waals surface area contributed by atoms with Gasteiger partial charge in [-0.3, -0.25) is 0 Å². The highest BCUT2D eigenvalue weighted by Crippen LogP contribution is 2.38. The Kier molecular flexibility index (Phi) is 4.98. The molecule has 6 aromatic carbocycles. The largest absolute Gasteiger partial charge is 0.422 e. The van der Waals surface area contributed by atoms with E-state index in [4.69, 9.17) is 4.42 Å². The van der Waals surface area contributed by atoms with Gasteiger partial charge < -0.3 is 8.98 Å². The molecular weight excluding hydrogens is 490 g/mol. The van der Waals surface area contributed by atoms with Gasteiger partial charge in [0.15, 0.2) is 0 Å². The standard InChI is InChI=1S/C37H23NO2/c39-37-32-23-26(19-22-29(32)30-11-5-7-16-35(30)40-37)24-17-20-27(21-18-24)38-33-14-6-4-12-31(33)36-28(13-8-15-34(36)38)25-9-2-1-3-10-25/h1-23H. The molecule has 0 unspecified atom stereocenters. The van der Waals surface area contributed by atoms with E-state index in [9.17, 15) is 4.79 Å². The second kappa shape index (κ2) is 8.82. The number of fused-ring (bicyclic) bond motifs is 6. The topological polar surface area (TPSA) is 35.1 Å². The van der Waals surface area contributed by atoms with Crippen LogP contribution in [-0.2, 0) is 0 Å². The highest BCUT2D eigenvalue weighted by molar-refractivity contribution is 6.15. The highest BCUT2D eigenvalue weighted by atomic mass is 16.4. The Bertz CT molecular complexity index is 2270. The van der Waals surface area contributed by atoms with Gasteiger partial charge >= 0.3 is 5.63 Å². The van der Waals surface area contributed by atoms with Gasteiger partial charge in [0.2, 0.25) is 0 Å². The summed E-state index contributed by atoms with van der Waals surface area (Å²) in [6, 6.07) is 48.0. The third-order valence-electron chi connectivity index (χ3n) is 7.86. The van der Waals surface area contributed by atoms with Gasteiger partial charge in [-0.2, -0.15) is 0 Å². The molecule has 0 saturated heterocycles. The lowest BCUT2D eigenvalue weighted by Crippen LogP contribution is -2.00. The van der Waals surface area contributed by atoms with Gasteiger partial charge in [0.25, 0.3) is 0 Å². The van der Waals surface area contributed by atoms with Crippen LogP contribution in [0.15, 0.2) is 149 Å². The van der Waals surface area contributed by atoms with E-state index in [0.29, 0.717) is 11.0 Å². The third kappa shape index (κ3) is 3.41. The van der Waals surface area contributed by atoms with Gasteiger partial charge in [0.1, 0.15) is 5.58 Å². The molecule has 40 heavy (non-hydrogen) atoms. The quantitative estimate of drug-likeness (QED) is 0.174. The predicted molar refractivity (Wildman–Crippen MR) is 165 cm³/mol. The molecule has 0 aliphatic rings. The van der Waals surface area contributed by atoms with Gasteiger partial charge in [-0.05, 0) is 64.0 Å². The van der Waals surface area contributed by atoms with Crippen LogP contribution < -0.4 is 5.63 Å². The number of nitrogens with zero attached hydrogens (tertiary/aromatic N) is 1. The minimum absolute atomic E-state index is 0.313. The molecule has 0 N–H and O–H groups in total. The summed E-state index contributed by atoms with van der Waals surface area (Å²) in [5.41, 5.74) is 8.19. The fourth-order valence-corrected chi connectivity index (χ4v) is 6.02. The van der Waals surface area contributed by atoms with Gasteiger partial charge in [-0.1, -0.05) is 103 Å². The minimum atomic E-state index is -0.313. The van der Waals surface area contributed by atoms with Crippen LogP contribution in [0.2, 0.25) is 0 Å². The van der Waals surface area contributed by atoms with Crippen molar-refractivity contribution >= 4 is 43.5 Å². The third-order valence-corrected chi connectivity index (χ3v) is 7.86. The minimum Gasteiger partial charge on any atom is -0.422 e. The molecule has 0 spiro atoms. The molecule has 0 saturated carbocycles. The molecule has 3 heteroatoms. The maximum atomic E-state index is 12.8. The average molecular weight is 514 g/mol. The monoisotopic (exact) mass is 513 g/mol. The second-order valence-electron chi connectivity index (χ2n) is 10.1. The lowest BCUT2D eigenvalue weighted by atomic mass is 9.99. The SMILES string of the molecule is O=c1oc2ccccc2c2ccc(-c3ccc(-n4c5ccccc5c5c(-c6ccccc6)cccc54)cc3)cc12. The van der Waals surface area contributed by atoms with E-state index in [2.05, 4.69) is 108 Å². The number of para-hydroxylation sites is 2. The smallest absolute Gasteiger partial charge is 0.344 e. The normalized spacial score (nSPS) is 11.6. The van der Waals surface area contributed by atoms with Crippen molar-refractivity contribution < 1.29 is 4.42 Å². The molecule has 2 aromatic heterocycles. The molecular formula is C37H23NO2. The van der Waals surface area contributed by atoms with E-state index in [1.54, 1.807) is 0 Å². The van der Waals surface area contributed by atoms with Crippen molar-refractivity contribution in [2.24, 2.45) is 0 Å². The summed E-state index contributed by atoms with van der Waals surface area (Å²) in [5.74, 6) is 0. The Balaban J connectivity index is 1.28. The maximum Gasteiger partial charge on any atom is 0.344 e. The summed E-state index contributed by atoms with van der Waals surface area (Å²) in [6.45, 7) is 0. The van der Waals surface area contributed by atoms with Crippen molar-refractivity contribution in [1.29, 1.82) is 0 Å². The predicted octanol–water partition coefficient (Wildman–Crippen LogP) is 9.38. The molecule has 0 bridgehead atoms. The molecule has 3 nitrogen and oxygen atoms in total. The number of aromatic nitrogens is 1. The van der Waals surface area contributed by atoms with Crippen molar-refractivity contribution in [2.75, 3.05) is 0 Å². The molecule has 2 heterocycles. The van der Waals surface area contributed by atoms with Gasteiger partial charge in [-0.15, -0.1) is 0 Å². The lowest BCUT2D eigenvalue weighted by molar-refractivity contribution is 0.569. The van der Waals surface area contributed by atoms with E-state index in [1.165, 1.54) is 32.9 Å². The van der Waals surface area contributed by atoms with Crippen LogP contribution in [0, 0.1) is 0 Å². The average Bonchev–Trinajstić information content (AvgIpc) is 3.36. The molecule has 188 valence electrons. The Morgan fingerprint density at radius 3 is 2.02 bits per heavy atom. The van der Waals surface area contributed by atoms with Crippen LogP contribution in [0.3, 0.4) is 0 Å². The molecule has 0 radical (unpaired) electrons. The first-order chi connectivity index (χ1) is 19.8. The Morgan fingerprint density at radius 1 is 0.475 bits per heavy atom. The van der Waals surface area contributed by atoms with Crippen molar-refractivity contribution in [1.82, 2.24) is 4.57 Å². The lowest BCUT2D eigenvalue weighted by Gasteiger charge is -2.11. The van der Waals surface area contributed by atoms with Crippen LogP contribution in [0.4, 0.5) is 0 Å². The number of benzene rings is 6. The first-order valence-corrected chi connectivity index (χ1v) is 13.4. The highest BCUT2D eigenvalue weighted by Gasteiger charge is 2.16. The Hall–Kier alpha value is -5.41. The zero-order valence-corrected chi connectivity index (χ0v) is 21.5. The fourth-order valence-electron chi connectivity index (χ4n) is 6.02. The molecule has 0 amide bonds. The van der Waals surface area contributed by atoms with E-state index in [-0.39, 0.29) is 5.63 Å². The molecule has 8 aromatic rings. The van der Waals surface area contributed by atoms with Crippen LogP contribution in [0.1, 0.15) is 0 Å². The zero-order valence-electron chi connectivity index (χ0n) is 21.5. The molecule has 0 aliphatic carbocycles. The van der Waals surface area contributed by atoms with Crippen molar-refractivity contribution in [2.45, 2.75) is 0 Å². The number of rotatable bonds is 3. The van der Waals surface area contributed by atoms with E-state index >= 15 is 0 Å². The molecule has 0 aliphatic heterocycles. The summed E-state index contributed by atoms with van der Waals surface area (Å²) < 4.78 is 7.93. The number of hydrogen-bond donors (Lipinski definition) is 0. The first-order valence-electron chi connectivity index (χ1n) is 13.4. The maximum absolute atomic E-state index is 12.8. The first kappa shape index (κ1) is 22.6. The summed E-state index contributed by atoms with van der Waals surface area (Å²) in [6.07, 6.45) is 0.